The van der Waals surface area contributed by atoms with Crippen molar-refractivity contribution in [1.82, 2.24) is 0 Å². The van der Waals surface area contributed by atoms with Crippen molar-refractivity contribution >= 4 is 17.4 Å². The maximum Gasteiger partial charge on any atom is 0.300 e. The molecule has 0 aliphatic carbocycles. The molecule has 1 aromatic carbocycles. The van der Waals surface area contributed by atoms with Crippen LogP contribution in [0.4, 0.5) is 17.6 Å². The quantitative estimate of drug-likeness (QED) is 0.560. The van der Waals surface area contributed by atoms with E-state index in [1.807, 2.05) is 0 Å². The number of Topliss-reactive ketones (excluding diaryl/α,β-unsaturated/α-hetero) is 1. The molecule has 0 bridgehead atoms. The van der Waals surface area contributed by atoms with Crippen LogP contribution in [0.5, 0.6) is 0 Å². The van der Waals surface area contributed by atoms with Gasteiger partial charge in [0, 0.05) is 5.02 Å². The summed E-state index contributed by atoms with van der Waals surface area (Å²) < 4.78 is 49.4. The number of alkyl halides is 2. The molecule has 0 N–H and O–H groups in total. The standard InChI is InChI=1S/C8H3ClF4O/c9-3-1-4(10)6(5(11)2-3)7(14)8(12)13/h1-2,8H. The number of rotatable bonds is 2. The Balaban J connectivity index is 3.28. The van der Waals surface area contributed by atoms with Gasteiger partial charge < -0.3 is 0 Å². The topological polar surface area (TPSA) is 17.1 Å². The molecular formula is C8H3ClF4O. The van der Waals surface area contributed by atoms with E-state index in [1.165, 1.54) is 0 Å². The first-order valence-corrected chi connectivity index (χ1v) is 3.78. The van der Waals surface area contributed by atoms with Crippen LogP contribution in [-0.4, -0.2) is 12.2 Å². The highest BCUT2D eigenvalue weighted by Crippen LogP contribution is 2.21. The van der Waals surface area contributed by atoms with Crippen LogP contribution in [0.15, 0.2) is 12.1 Å². The highest BCUT2D eigenvalue weighted by atomic mass is 35.5. The van der Waals surface area contributed by atoms with E-state index in [-0.39, 0.29) is 5.02 Å². The Morgan fingerprint density at radius 3 is 2.00 bits per heavy atom. The second-order valence-corrected chi connectivity index (χ2v) is 2.85. The molecule has 0 heterocycles. The fraction of sp³-hybridized carbons (Fsp3) is 0.125. The van der Waals surface area contributed by atoms with Crippen LogP contribution < -0.4 is 0 Å². The molecule has 0 unspecified atom stereocenters. The van der Waals surface area contributed by atoms with E-state index < -0.39 is 29.4 Å². The number of halogens is 5. The Kier molecular flexibility index (Phi) is 3.10. The van der Waals surface area contributed by atoms with Crippen LogP contribution in [0.1, 0.15) is 10.4 Å². The predicted octanol–water partition coefficient (Wildman–Crippen LogP) is 3.07. The van der Waals surface area contributed by atoms with Crippen molar-refractivity contribution in [3.63, 3.8) is 0 Å². The summed E-state index contributed by atoms with van der Waals surface area (Å²) in [4.78, 5) is 10.6. The summed E-state index contributed by atoms with van der Waals surface area (Å²) in [5.74, 6) is -4.67. The summed E-state index contributed by atoms with van der Waals surface area (Å²) >= 11 is 5.23. The first kappa shape index (κ1) is 11.0. The van der Waals surface area contributed by atoms with Crippen molar-refractivity contribution in [2.24, 2.45) is 0 Å². The van der Waals surface area contributed by atoms with Gasteiger partial charge in [0.1, 0.15) is 11.6 Å². The third-order valence-corrected chi connectivity index (χ3v) is 1.67. The van der Waals surface area contributed by atoms with Gasteiger partial charge >= 0.3 is 6.43 Å². The molecule has 1 nitrogen and oxygen atoms in total. The van der Waals surface area contributed by atoms with E-state index >= 15 is 0 Å². The third-order valence-electron chi connectivity index (χ3n) is 1.45. The third kappa shape index (κ3) is 2.04. The van der Waals surface area contributed by atoms with Crippen LogP contribution in [0.2, 0.25) is 5.02 Å². The first-order chi connectivity index (χ1) is 6.43. The van der Waals surface area contributed by atoms with E-state index in [1.54, 1.807) is 0 Å². The Labute approximate surface area is 81.3 Å². The molecule has 0 aliphatic rings. The zero-order valence-electron chi connectivity index (χ0n) is 6.53. The average molecular weight is 227 g/mol. The molecule has 0 fully saturated rings. The highest BCUT2D eigenvalue weighted by molar-refractivity contribution is 6.30. The normalized spacial score (nSPS) is 10.7. The van der Waals surface area contributed by atoms with Crippen molar-refractivity contribution in [3.8, 4) is 0 Å². The van der Waals surface area contributed by atoms with Crippen molar-refractivity contribution in [3.05, 3.63) is 34.4 Å². The van der Waals surface area contributed by atoms with Crippen molar-refractivity contribution in [2.75, 3.05) is 0 Å². The van der Waals surface area contributed by atoms with Crippen LogP contribution in [0, 0.1) is 11.6 Å². The Morgan fingerprint density at radius 2 is 1.64 bits per heavy atom. The van der Waals surface area contributed by atoms with Gasteiger partial charge in [-0.05, 0) is 12.1 Å². The Bertz CT molecular complexity index is 355. The minimum Gasteiger partial charge on any atom is -0.287 e. The molecule has 1 rings (SSSR count). The smallest absolute Gasteiger partial charge is 0.287 e. The number of hydrogen-bond donors (Lipinski definition) is 0. The molecule has 14 heavy (non-hydrogen) atoms. The van der Waals surface area contributed by atoms with E-state index in [0.29, 0.717) is 12.1 Å². The maximum atomic E-state index is 12.8. The first-order valence-electron chi connectivity index (χ1n) is 3.40. The lowest BCUT2D eigenvalue weighted by Crippen LogP contribution is -2.14. The van der Waals surface area contributed by atoms with E-state index in [2.05, 4.69) is 0 Å². The van der Waals surface area contributed by atoms with Gasteiger partial charge in [0.2, 0.25) is 5.78 Å². The van der Waals surface area contributed by atoms with Crippen molar-refractivity contribution < 1.29 is 22.4 Å². The van der Waals surface area contributed by atoms with Crippen LogP contribution >= 0.6 is 11.6 Å². The Morgan fingerprint density at radius 1 is 1.21 bits per heavy atom. The number of carbonyl (C=O) groups is 1. The average Bonchev–Trinajstić information content (AvgIpc) is 2.01. The minimum atomic E-state index is -3.44. The van der Waals surface area contributed by atoms with E-state index in [9.17, 15) is 22.4 Å². The lowest BCUT2D eigenvalue weighted by molar-refractivity contribution is 0.0669. The maximum absolute atomic E-state index is 12.8. The molecule has 1 aromatic rings. The van der Waals surface area contributed by atoms with Crippen LogP contribution in [0.3, 0.4) is 0 Å². The molecule has 0 aromatic heterocycles. The van der Waals surface area contributed by atoms with E-state index in [4.69, 9.17) is 11.6 Å². The molecule has 6 heteroatoms. The molecule has 0 spiro atoms. The summed E-state index contributed by atoms with van der Waals surface area (Å²) in [6.45, 7) is 0. The summed E-state index contributed by atoms with van der Waals surface area (Å²) in [7, 11) is 0. The molecule has 0 atom stereocenters. The van der Waals surface area contributed by atoms with Gasteiger partial charge in [0.25, 0.3) is 0 Å². The van der Waals surface area contributed by atoms with Gasteiger partial charge in [-0.2, -0.15) is 0 Å². The van der Waals surface area contributed by atoms with Gasteiger partial charge in [0.05, 0.1) is 5.56 Å². The summed E-state index contributed by atoms with van der Waals surface area (Å²) in [6, 6.07) is 1.19. The summed E-state index contributed by atoms with van der Waals surface area (Å²) in [5.41, 5.74) is -1.26. The second kappa shape index (κ2) is 3.96. The second-order valence-electron chi connectivity index (χ2n) is 2.41. The van der Waals surface area contributed by atoms with Gasteiger partial charge in [-0.1, -0.05) is 11.6 Å². The van der Waals surface area contributed by atoms with Gasteiger partial charge in [-0.15, -0.1) is 0 Å². The highest BCUT2D eigenvalue weighted by Gasteiger charge is 2.25. The molecule has 0 saturated heterocycles. The van der Waals surface area contributed by atoms with Gasteiger partial charge in [-0.3, -0.25) is 4.79 Å². The fourth-order valence-electron chi connectivity index (χ4n) is 0.887. The van der Waals surface area contributed by atoms with Crippen LogP contribution in [0.25, 0.3) is 0 Å². The zero-order chi connectivity index (χ0) is 10.9. The number of carbonyl (C=O) groups excluding carboxylic acids is 1. The molecule has 0 radical (unpaired) electrons. The minimum absolute atomic E-state index is 0.300. The Hall–Kier alpha value is -1.10. The number of hydrogen-bond acceptors (Lipinski definition) is 1. The van der Waals surface area contributed by atoms with Gasteiger partial charge in [-0.25, -0.2) is 17.6 Å². The molecule has 0 saturated carbocycles. The largest absolute Gasteiger partial charge is 0.300 e. The molecule has 0 aliphatic heterocycles. The van der Waals surface area contributed by atoms with Crippen molar-refractivity contribution in [1.29, 1.82) is 0 Å². The van der Waals surface area contributed by atoms with E-state index in [0.717, 1.165) is 0 Å². The predicted molar refractivity (Wildman–Crippen MR) is 41.7 cm³/mol. The lowest BCUT2D eigenvalue weighted by Gasteiger charge is -2.03. The number of benzene rings is 1. The zero-order valence-corrected chi connectivity index (χ0v) is 7.29. The van der Waals surface area contributed by atoms with Gasteiger partial charge in [0.15, 0.2) is 0 Å². The summed E-state index contributed by atoms with van der Waals surface area (Å²) in [5, 5.41) is -0.300. The number of ketones is 1. The van der Waals surface area contributed by atoms with Crippen LogP contribution in [-0.2, 0) is 0 Å². The molecular weight excluding hydrogens is 224 g/mol. The monoisotopic (exact) mass is 226 g/mol. The summed E-state index contributed by atoms with van der Waals surface area (Å²) in [6.07, 6.45) is -3.44. The molecule has 0 amide bonds. The SMILES string of the molecule is O=C(c1c(F)cc(Cl)cc1F)C(F)F. The van der Waals surface area contributed by atoms with Crippen molar-refractivity contribution in [2.45, 2.75) is 6.43 Å². The lowest BCUT2D eigenvalue weighted by atomic mass is 10.1. The fourth-order valence-corrected chi connectivity index (χ4v) is 1.08. The molecule has 76 valence electrons.